The molecule has 1 aromatic rings. The van der Waals surface area contributed by atoms with Crippen molar-refractivity contribution in [3.05, 3.63) is 35.9 Å². The van der Waals surface area contributed by atoms with Gasteiger partial charge in [0.15, 0.2) is 6.10 Å². The van der Waals surface area contributed by atoms with Crippen LogP contribution in [0, 0.1) is 5.41 Å². The second kappa shape index (κ2) is 9.14. The zero-order valence-corrected chi connectivity index (χ0v) is 22.3. The average Bonchev–Trinajstić information content (AvgIpc) is 3.32. The molecule has 35 heavy (non-hydrogen) atoms. The first kappa shape index (κ1) is 27.6. The van der Waals surface area contributed by atoms with Gasteiger partial charge in [0.1, 0.15) is 5.75 Å². The number of likely N-dealkylation sites (N-methyl/N-ethyl adjacent to an activating group) is 1. The third kappa shape index (κ3) is 3.19. The van der Waals surface area contributed by atoms with E-state index < -0.39 is 40.5 Å². The van der Waals surface area contributed by atoms with Gasteiger partial charge in [-0.2, -0.15) is 0 Å². The van der Waals surface area contributed by atoms with Crippen molar-refractivity contribution in [1.29, 1.82) is 0 Å². The fraction of sp³-hybridized carbons (Fsp3) is 0.600. The number of benzene rings is 1. The zero-order valence-electron chi connectivity index (χ0n) is 20.6. The van der Waals surface area contributed by atoms with Crippen molar-refractivity contribution >= 4 is 42.4 Å². The summed E-state index contributed by atoms with van der Waals surface area (Å²) < 4.78 is 16.6. The highest BCUT2D eigenvalue weighted by Crippen LogP contribution is 2.67. The standard InChI is InChI=1S/C25H32N2O6.2ClH/c1-6-23-10-7-12-27-13-11-24(19(23)27)17-9-8-16(31-4)14-18(17)26(3)20(24)25(30,22(29)32-5)21(23)33-15(2)28;;/h7-10,14,19-21,30H,6,11-13H2,1-5H3;2*1H. The maximum atomic E-state index is 13.5. The quantitative estimate of drug-likeness (QED) is 0.471. The van der Waals surface area contributed by atoms with E-state index in [4.69, 9.17) is 14.2 Å². The summed E-state index contributed by atoms with van der Waals surface area (Å²) in [5, 5.41) is 12.5. The number of halogens is 2. The number of rotatable bonds is 4. The largest absolute Gasteiger partial charge is 0.497 e. The molecule has 6 unspecified atom stereocenters. The molecule has 8 nitrogen and oxygen atoms in total. The van der Waals surface area contributed by atoms with Gasteiger partial charge in [-0.25, -0.2) is 4.79 Å². The highest BCUT2D eigenvalue weighted by Gasteiger charge is 2.80. The molecule has 0 amide bonds. The first-order valence-electron chi connectivity index (χ1n) is 11.5. The molecule has 4 aliphatic rings. The number of anilines is 1. The van der Waals surface area contributed by atoms with Gasteiger partial charge >= 0.3 is 11.9 Å². The minimum atomic E-state index is -2.08. The number of esters is 2. The molecule has 1 saturated heterocycles. The molecule has 1 saturated carbocycles. The predicted molar refractivity (Wildman–Crippen MR) is 136 cm³/mol. The lowest BCUT2D eigenvalue weighted by Gasteiger charge is -2.63. The van der Waals surface area contributed by atoms with Gasteiger partial charge in [-0.15, -0.1) is 24.8 Å². The average molecular weight is 529 g/mol. The smallest absolute Gasteiger partial charge is 0.344 e. The van der Waals surface area contributed by atoms with Crippen LogP contribution in [0.1, 0.15) is 32.3 Å². The predicted octanol–water partition coefficient (Wildman–Crippen LogP) is 2.48. The first-order chi connectivity index (χ1) is 15.7. The number of carbonyl (C=O) groups excluding carboxylic acids is 2. The molecule has 10 heteroatoms. The summed E-state index contributed by atoms with van der Waals surface area (Å²) >= 11 is 0. The van der Waals surface area contributed by atoms with Crippen LogP contribution in [0.4, 0.5) is 5.69 Å². The van der Waals surface area contributed by atoms with E-state index in [1.165, 1.54) is 14.0 Å². The monoisotopic (exact) mass is 528 g/mol. The third-order valence-corrected chi connectivity index (χ3v) is 8.62. The fourth-order valence-corrected chi connectivity index (χ4v) is 7.68. The van der Waals surface area contributed by atoms with Gasteiger partial charge in [-0.3, -0.25) is 9.69 Å². The Balaban J connectivity index is 0.00000171. The summed E-state index contributed by atoms with van der Waals surface area (Å²) in [6.07, 6.45) is 4.40. The fourth-order valence-electron chi connectivity index (χ4n) is 7.68. The number of nitrogens with zero attached hydrogens (tertiary/aromatic N) is 2. The van der Waals surface area contributed by atoms with Gasteiger partial charge in [0.25, 0.3) is 0 Å². The van der Waals surface area contributed by atoms with Crippen LogP contribution in [-0.2, 0) is 24.5 Å². The Bertz CT molecular complexity index is 1050. The van der Waals surface area contributed by atoms with Crippen molar-refractivity contribution in [3.63, 3.8) is 0 Å². The Morgan fingerprint density at radius 1 is 1.20 bits per heavy atom. The highest BCUT2D eigenvalue weighted by atomic mass is 35.5. The van der Waals surface area contributed by atoms with E-state index in [1.54, 1.807) is 7.11 Å². The second-order valence-corrected chi connectivity index (χ2v) is 9.76. The third-order valence-electron chi connectivity index (χ3n) is 8.62. The van der Waals surface area contributed by atoms with Gasteiger partial charge < -0.3 is 24.2 Å². The number of aliphatic hydroxyl groups is 1. The number of hydrogen-bond acceptors (Lipinski definition) is 8. The summed E-state index contributed by atoms with van der Waals surface area (Å²) in [5.74, 6) is -0.617. The van der Waals surface area contributed by atoms with Crippen LogP contribution in [0.3, 0.4) is 0 Å². The summed E-state index contributed by atoms with van der Waals surface area (Å²) in [6.45, 7) is 4.94. The molecule has 1 N–H and O–H groups in total. The number of hydrogen-bond donors (Lipinski definition) is 1. The number of carbonyl (C=O) groups is 2. The normalized spacial score (nSPS) is 36.2. The lowest BCUT2D eigenvalue weighted by atomic mass is 9.47. The summed E-state index contributed by atoms with van der Waals surface area (Å²) in [5.41, 5.74) is -1.41. The SMILES string of the molecule is CCC12C=CCN3CCC4(c5ccc(OC)cc5N(C)C4C(O)(C(=O)OC)C1OC(C)=O)C32.Cl.Cl. The van der Waals surface area contributed by atoms with Gasteiger partial charge in [0.2, 0.25) is 5.60 Å². The molecule has 1 aromatic carbocycles. The topological polar surface area (TPSA) is 88.5 Å². The Morgan fingerprint density at radius 2 is 1.91 bits per heavy atom. The van der Waals surface area contributed by atoms with Crippen LogP contribution in [0.15, 0.2) is 30.4 Å². The van der Waals surface area contributed by atoms with Crippen molar-refractivity contribution in [3.8, 4) is 5.75 Å². The Labute approximate surface area is 218 Å². The Hall–Kier alpha value is -2.00. The molecule has 3 aliphatic heterocycles. The molecule has 0 bridgehead atoms. The van der Waals surface area contributed by atoms with E-state index >= 15 is 0 Å². The van der Waals surface area contributed by atoms with Crippen molar-refractivity contribution < 1.29 is 28.9 Å². The molecule has 0 radical (unpaired) electrons. The van der Waals surface area contributed by atoms with Gasteiger partial charge in [0.05, 0.1) is 20.3 Å². The van der Waals surface area contributed by atoms with Crippen molar-refractivity contribution in [2.24, 2.45) is 5.41 Å². The lowest BCUT2D eigenvalue weighted by Crippen LogP contribution is -2.81. The maximum absolute atomic E-state index is 13.5. The van der Waals surface area contributed by atoms with E-state index in [-0.39, 0.29) is 30.9 Å². The number of ether oxygens (including phenoxy) is 3. The van der Waals surface area contributed by atoms with E-state index in [9.17, 15) is 14.7 Å². The minimum absolute atomic E-state index is 0. The molecule has 0 aromatic heterocycles. The molecule has 2 fully saturated rings. The van der Waals surface area contributed by atoms with Crippen molar-refractivity contribution in [1.82, 2.24) is 4.90 Å². The van der Waals surface area contributed by atoms with Gasteiger partial charge in [0, 0.05) is 49.1 Å². The van der Waals surface area contributed by atoms with E-state index in [0.717, 1.165) is 30.8 Å². The summed E-state index contributed by atoms with van der Waals surface area (Å²) in [7, 11) is 4.77. The zero-order chi connectivity index (χ0) is 23.8. The highest BCUT2D eigenvalue weighted by molar-refractivity contribution is 5.87. The molecule has 1 aliphatic carbocycles. The molecule has 1 spiro atoms. The van der Waals surface area contributed by atoms with E-state index in [1.807, 2.05) is 31.0 Å². The molecule has 6 atom stereocenters. The minimum Gasteiger partial charge on any atom is -0.497 e. The second-order valence-electron chi connectivity index (χ2n) is 9.76. The Morgan fingerprint density at radius 3 is 2.51 bits per heavy atom. The number of fused-ring (bicyclic) bond motifs is 1. The molecule has 3 heterocycles. The molecule has 5 rings (SSSR count). The van der Waals surface area contributed by atoms with Gasteiger partial charge in [-0.05, 0) is 31.0 Å². The summed E-state index contributed by atoms with van der Waals surface area (Å²) in [4.78, 5) is 30.2. The molecular weight excluding hydrogens is 495 g/mol. The molecule has 194 valence electrons. The van der Waals surface area contributed by atoms with E-state index in [2.05, 4.69) is 23.1 Å². The maximum Gasteiger partial charge on any atom is 0.344 e. The van der Waals surface area contributed by atoms with Crippen LogP contribution < -0.4 is 9.64 Å². The van der Waals surface area contributed by atoms with Crippen molar-refractivity contribution in [2.45, 2.75) is 55.9 Å². The lowest BCUT2D eigenvalue weighted by molar-refractivity contribution is -0.228. The van der Waals surface area contributed by atoms with Crippen LogP contribution in [0.2, 0.25) is 0 Å². The summed E-state index contributed by atoms with van der Waals surface area (Å²) in [6, 6.07) is 5.22. The van der Waals surface area contributed by atoms with Crippen LogP contribution in [0.5, 0.6) is 5.75 Å². The number of methoxy groups -OCH3 is 2. The van der Waals surface area contributed by atoms with E-state index in [0.29, 0.717) is 12.2 Å². The van der Waals surface area contributed by atoms with Crippen molar-refractivity contribution in [2.75, 3.05) is 39.3 Å². The molecular formula is C25H34Cl2N2O6. The van der Waals surface area contributed by atoms with Crippen LogP contribution in [-0.4, -0.2) is 80.1 Å². The first-order valence-corrected chi connectivity index (χ1v) is 11.5. The Kier molecular flexibility index (Phi) is 7.20. The van der Waals surface area contributed by atoms with Crippen LogP contribution >= 0.6 is 24.8 Å². The van der Waals surface area contributed by atoms with Crippen LogP contribution in [0.25, 0.3) is 0 Å². The van der Waals surface area contributed by atoms with Gasteiger partial charge in [-0.1, -0.05) is 25.1 Å².